The van der Waals surface area contributed by atoms with E-state index in [9.17, 15) is 9.59 Å². The quantitative estimate of drug-likeness (QED) is 0.435. The number of pyridine rings is 1. The van der Waals surface area contributed by atoms with Crippen molar-refractivity contribution in [2.45, 2.75) is 38.6 Å². The Labute approximate surface area is 185 Å². The molecule has 10 nitrogen and oxygen atoms in total. The zero-order chi connectivity index (χ0) is 22.2. The summed E-state index contributed by atoms with van der Waals surface area (Å²) in [5, 5.41) is 5.65. The maximum Gasteiger partial charge on any atom is 0.407 e. The molecule has 1 atom stereocenters. The minimum atomic E-state index is -0.512. The molecule has 4 N–H and O–H groups in total. The molecule has 3 heterocycles. The number of nitrogens with one attached hydrogen (secondary N) is 2. The Hall–Kier alpha value is -3.14. The summed E-state index contributed by atoms with van der Waals surface area (Å²) in [6.45, 7) is 3.81. The predicted octanol–water partition coefficient (Wildman–Crippen LogP) is 2.85. The molecule has 166 valence electrons. The average molecular weight is 448 g/mol. The number of hydrogen-bond donors (Lipinski definition) is 3. The number of carbonyl (C=O) groups is 2. The van der Waals surface area contributed by atoms with E-state index in [1.54, 1.807) is 12.4 Å². The van der Waals surface area contributed by atoms with Gasteiger partial charge >= 0.3 is 6.09 Å². The number of aromatic nitrogens is 3. The largest absolute Gasteiger partial charge is 0.450 e. The van der Waals surface area contributed by atoms with Gasteiger partial charge in [0.25, 0.3) is 5.91 Å². The van der Waals surface area contributed by atoms with Gasteiger partial charge in [-0.1, -0.05) is 13.3 Å². The van der Waals surface area contributed by atoms with Crippen molar-refractivity contribution in [3.05, 3.63) is 35.6 Å². The molecular formula is C20H26ClN7O3. The highest BCUT2D eigenvalue weighted by Crippen LogP contribution is 2.28. The standard InChI is InChI=1S/C20H26ClN7O3/c1-2-3-9-31-20(30)25-13-5-4-8-28(12-13)16-6-7-23-11-15(16)26-18(29)17-14(22)10-24-19(21)27-17/h6-7,10-11,13H,2-5,8-9,12,22H2,1H3,(H,25,30)(H,26,29). The molecule has 2 aromatic heterocycles. The summed E-state index contributed by atoms with van der Waals surface area (Å²) in [6.07, 6.45) is 7.63. The van der Waals surface area contributed by atoms with E-state index in [0.717, 1.165) is 37.9 Å². The Bertz CT molecular complexity index is 927. The summed E-state index contributed by atoms with van der Waals surface area (Å²) in [7, 11) is 0. The fourth-order valence-electron chi connectivity index (χ4n) is 3.32. The Kier molecular flexibility index (Phi) is 7.82. The van der Waals surface area contributed by atoms with Crippen LogP contribution >= 0.6 is 11.6 Å². The molecule has 0 radical (unpaired) electrons. The van der Waals surface area contributed by atoms with Crippen molar-refractivity contribution in [3.8, 4) is 0 Å². The normalized spacial score (nSPS) is 15.9. The number of nitrogens with zero attached hydrogens (tertiary/aromatic N) is 4. The fraction of sp³-hybridized carbons (Fsp3) is 0.450. The van der Waals surface area contributed by atoms with Crippen LogP contribution in [0.3, 0.4) is 0 Å². The van der Waals surface area contributed by atoms with Crippen molar-refractivity contribution in [2.75, 3.05) is 35.6 Å². The Morgan fingerprint density at radius 1 is 1.39 bits per heavy atom. The second-order valence-electron chi connectivity index (χ2n) is 7.21. The van der Waals surface area contributed by atoms with E-state index in [0.29, 0.717) is 18.8 Å². The lowest BCUT2D eigenvalue weighted by molar-refractivity contribution is 0.102. The number of unbranched alkanes of at least 4 members (excludes halogenated alkanes) is 1. The van der Waals surface area contributed by atoms with Gasteiger partial charge < -0.3 is 26.0 Å². The van der Waals surface area contributed by atoms with Crippen molar-refractivity contribution < 1.29 is 14.3 Å². The Balaban J connectivity index is 1.68. The third-order valence-corrected chi connectivity index (χ3v) is 5.05. The molecule has 1 aliphatic heterocycles. The molecule has 2 amide bonds. The number of rotatable bonds is 7. The molecule has 2 aromatic rings. The number of hydrogen-bond acceptors (Lipinski definition) is 8. The van der Waals surface area contributed by atoms with E-state index in [4.69, 9.17) is 22.1 Å². The predicted molar refractivity (Wildman–Crippen MR) is 118 cm³/mol. The van der Waals surface area contributed by atoms with Gasteiger partial charge in [0, 0.05) is 25.3 Å². The van der Waals surface area contributed by atoms with Crippen LogP contribution in [0, 0.1) is 0 Å². The van der Waals surface area contributed by atoms with Crippen molar-refractivity contribution in [1.82, 2.24) is 20.3 Å². The summed E-state index contributed by atoms with van der Waals surface area (Å²) in [5.41, 5.74) is 7.21. The molecule has 0 bridgehead atoms. The molecule has 0 aliphatic carbocycles. The first-order valence-electron chi connectivity index (χ1n) is 10.2. The van der Waals surface area contributed by atoms with Crippen molar-refractivity contribution in [2.24, 2.45) is 0 Å². The SMILES string of the molecule is CCCCOC(=O)NC1CCCN(c2ccncc2NC(=O)c2nc(Cl)ncc2N)C1. The van der Waals surface area contributed by atoms with Crippen LogP contribution in [-0.4, -0.2) is 52.7 Å². The van der Waals surface area contributed by atoms with Gasteiger partial charge in [0.2, 0.25) is 5.28 Å². The molecule has 3 rings (SSSR count). The van der Waals surface area contributed by atoms with Gasteiger partial charge in [-0.15, -0.1) is 0 Å². The van der Waals surface area contributed by atoms with Crippen LogP contribution in [0.1, 0.15) is 43.1 Å². The highest BCUT2D eigenvalue weighted by Gasteiger charge is 2.24. The molecular weight excluding hydrogens is 422 g/mol. The first kappa shape index (κ1) is 22.5. The molecule has 0 saturated carbocycles. The summed E-state index contributed by atoms with van der Waals surface area (Å²) >= 11 is 5.79. The van der Waals surface area contributed by atoms with Crippen LogP contribution in [0.5, 0.6) is 0 Å². The van der Waals surface area contributed by atoms with Gasteiger partial charge in [0.05, 0.1) is 36.1 Å². The highest BCUT2D eigenvalue weighted by atomic mass is 35.5. The topological polar surface area (TPSA) is 135 Å². The van der Waals surface area contributed by atoms with Crippen LogP contribution < -0.4 is 21.3 Å². The molecule has 0 aromatic carbocycles. The number of halogens is 1. The van der Waals surface area contributed by atoms with Crippen LogP contribution in [0.4, 0.5) is 21.9 Å². The van der Waals surface area contributed by atoms with Gasteiger partial charge in [-0.3, -0.25) is 9.78 Å². The van der Waals surface area contributed by atoms with Crippen molar-refractivity contribution >= 4 is 40.7 Å². The fourth-order valence-corrected chi connectivity index (χ4v) is 3.46. The van der Waals surface area contributed by atoms with Gasteiger partial charge in [0.15, 0.2) is 5.69 Å². The molecule has 1 unspecified atom stereocenters. The number of amides is 2. The summed E-state index contributed by atoms with van der Waals surface area (Å²) in [6, 6.07) is 1.75. The van der Waals surface area contributed by atoms with E-state index >= 15 is 0 Å². The number of carbonyl (C=O) groups excluding carboxylic acids is 2. The third-order valence-electron chi connectivity index (χ3n) is 4.86. The first-order chi connectivity index (χ1) is 15.0. The third kappa shape index (κ3) is 6.17. The molecule has 31 heavy (non-hydrogen) atoms. The van der Waals surface area contributed by atoms with Crippen LogP contribution in [0.25, 0.3) is 0 Å². The lowest BCUT2D eigenvalue weighted by Gasteiger charge is -2.35. The number of alkyl carbamates (subject to hydrolysis) is 1. The maximum absolute atomic E-state index is 12.7. The molecule has 11 heteroatoms. The minimum Gasteiger partial charge on any atom is -0.450 e. The van der Waals surface area contributed by atoms with Crippen molar-refractivity contribution in [3.63, 3.8) is 0 Å². The second-order valence-corrected chi connectivity index (χ2v) is 7.55. The number of nitrogens with two attached hydrogens (primary N) is 1. The molecule has 1 saturated heterocycles. The zero-order valence-electron chi connectivity index (χ0n) is 17.3. The second kappa shape index (κ2) is 10.8. The van der Waals surface area contributed by atoms with E-state index in [2.05, 4.69) is 30.5 Å². The maximum atomic E-state index is 12.7. The van der Waals surface area contributed by atoms with E-state index in [1.807, 2.05) is 13.0 Å². The number of nitrogen functional groups attached to an aromatic ring is 1. The molecule has 1 aliphatic rings. The Morgan fingerprint density at radius 3 is 3.03 bits per heavy atom. The number of ether oxygens (including phenoxy) is 1. The monoisotopic (exact) mass is 447 g/mol. The van der Waals surface area contributed by atoms with Gasteiger partial charge in [0.1, 0.15) is 0 Å². The Morgan fingerprint density at radius 2 is 2.23 bits per heavy atom. The molecule has 0 spiro atoms. The number of anilines is 3. The van der Waals surface area contributed by atoms with E-state index in [-0.39, 0.29) is 22.7 Å². The number of piperidine rings is 1. The molecule has 1 fully saturated rings. The minimum absolute atomic E-state index is 0.0113. The van der Waals surface area contributed by atoms with Crippen LogP contribution in [-0.2, 0) is 4.74 Å². The van der Waals surface area contributed by atoms with E-state index < -0.39 is 12.0 Å². The summed E-state index contributed by atoms with van der Waals surface area (Å²) in [4.78, 5) is 38.6. The summed E-state index contributed by atoms with van der Waals surface area (Å²) in [5.74, 6) is -0.512. The van der Waals surface area contributed by atoms with Crippen LogP contribution in [0.2, 0.25) is 5.28 Å². The average Bonchev–Trinajstić information content (AvgIpc) is 2.76. The summed E-state index contributed by atoms with van der Waals surface area (Å²) < 4.78 is 5.20. The van der Waals surface area contributed by atoms with E-state index in [1.165, 1.54) is 6.20 Å². The van der Waals surface area contributed by atoms with Gasteiger partial charge in [-0.2, -0.15) is 0 Å². The van der Waals surface area contributed by atoms with Crippen LogP contribution in [0.15, 0.2) is 24.7 Å². The van der Waals surface area contributed by atoms with Crippen molar-refractivity contribution in [1.29, 1.82) is 0 Å². The smallest absolute Gasteiger partial charge is 0.407 e. The lowest BCUT2D eigenvalue weighted by atomic mass is 10.0. The zero-order valence-corrected chi connectivity index (χ0v) is 18.1. The first-order valence-corrected chi connectivity index (χ1v) is 10.6. The highest BCUT2D eigenvalue weighted by molar-refractivity contribution is 6.28. The van der Waals surface area contributed by atoms with Gasteiger partial charge in [-0.25, -0.2) is 14.8 Å². The van der Waals surface area contributed by atoms with Gasteiger partial charge in [-0.05, 0) is 36.9 Å². The lowest BCUT2D eigenvalue weighted by Crippen LogP contribution is -2.48.